The first-order valence-electron chi connectivity index (χ1n) is 24.4. The van der Waals surface area contributed by atoms with E-state index < -0.39 is 52.2 Å². The average Bonchev–Trinajstić information content (AvgIpc) is 3.82. The highest BCUT2D eigenvalue weighted by Crippen LogP contribution is 2.53. The van der Waals surface area contributed by atoms with Crippen molar-refractivity contribution in [1.82, 2.24) is 24.8 Å². The first-order chi connectivity index (χ1) is 33.9. The lowest BCUT2D eigenvalue weighted by molar-refractivity contribution is -0.138. The summed E-state index contributed by atoms with van der Waals surface area (Å²) in [5.41, 5.74) is -0.268. The molecule has 8 heterocycles. The molecule has 378 valence electrons. The lowest BCUT2D eigenvalue weighted by Gasteiger charge is -2.57. The fourth-order valence-electron chi connectivity index (χ4n) is 11.8. The van der Waals surface area contributed by atoms with Gasteiger partial charge in [0.2, 0.25) is 5.88 Å². The number of halogens is 6. The third-order valence-corrected chi connectivity index (χ3v) is 15.2. The number of methoxy groups -OCH3 is 2. The molecule has 4 saturated heterocycles. The quantitative estimate of drug-likeness (QED) is 0.173. The Morgan fingerprint density at radius 1 is 0.944 bits per heavy atom. The molecule has 1 aromatic heterocycles. The number of hydrogen-bond acceptors (Lipinski definition) is 11. The summed E-state index contributed by atoms with van der Waals surface area (Å²) in [6.07, 6.45) is -1.17. The van der Waals surface area contributed by atoms with Crippen LogP contribution < -0.4 is 14.4 Å². The maximum atomic E-state index is 18.0. The minimum absolute atomic E-state index is 0.000619. The summed E-state index contributed by atoms with van der Waals surface area (Å²) in [5, 5.41) is 3.27. The molecule has 0 N–H and O–H groups in total. The second-order valence-electron chi connectivity index (χ2n) is 20.5. The summed E-state index contributed by atoms with van der Waals surface area (Å²) in [7, 11) is 3.13. The van der Waals surface area contributed by atoms with E-state index in [2.05, 4.69) is 4.90 Å². The Morgan fingerprint density at radius 2 is 1.62 bits per heavy atom. The summed E-state index contributed by atoms with van der Waals surface area (Å²) in [6.45, 7) is 8.20. The molecule has 1 amide bonds. The van der Waals surface area contributed by atoms with Crippen LogP contribution in [0.2, 0.25) is 0 Å². The van der Waals surface area contributed by atoms with Crippen molar-refractivity contribution in [1.29, 1.82) is 0 Å². The smallest absolute Gasteiger partial charge is 0.429 e. The molecule has 18 heteroatoms. The number of hydrazine groups is 1. The Balaban J connectivity index is 1.13. The number of hydrogen-bond donors (Lipinski definition) is 0. The van der Waals surface area contributed by atoms with E-state index in [9.17, 15) is 4.79 Å². The van der Waals surface area contributed by atoms with Gasteiger partial charge in [0.1, 0.15) is 54.0 Å². The summed E-state index contributed by atoms with van der Waals surface area (Å²) in [5.74, 6) is 0.553. The minimum atomic E-state index is -4.98. The van der Waals surface area contributed by atoms with Gasteiger partial charge in [-0.1, -0.05) is 35.9 Å². The third-order valence-electron chi connectivity index (χ3n) is 14.8. The Morgan fingerprint density at radius 3 is 2.25 bits per heavy atom. The minimum Gasteiger partial charge on any atom is -0.497 e. The lowest BCUT2D eigenvalue weighted by Crippen LogP contribution is -2.64. The Kier molecular flexibility index (Phi) is 12.8. The standard InChI is InChI=1S/C53H59ClF5N7O5/c1-31-23-42(62(26-32-11-15-35(68-5)16-12-32)27-33-13-17-36(69-6)18-14-33)61-48(46(31)53(57,58)59)45-38(56)24-43(70-29-52-21-8-22-63(52)28-34(55)25-52)65-41(47(45)54)10-7-9-37-39-19-20-40-44(37)49(65)60-30-64(40)66(39)50(67)71-51(2,3)4/h11-18,23-24,34,37,39H,7-10,19-22,25-30H2,1-6H3/t34-,37+,39+,52+/m1/s1. The molecule has 8 aliphatic rings. The molecule has 7 aliphatic heterocycles. The largest absolute Gasteiger partial charge is 0.497 e. The Hall–Kier alpha value is -5.81. The predicted octanol–water partition coefficient (Wildman–Crippen LogP) is 11.6. The van der Waals surface area contributed by atoms with E-state index in [4.69, 9.17) is 40.5 Å². The number of fused-ring (bicyclic) bond motifs is 4. The lowest BCUT2D eigenvalue weighted by atomic mass is 9.74. The number of carbonyl (C=O) groups excluding carboxylic acids is 1. The van der Waals surface area contributed by atoms with E-state index in [1.54, 1.807) is 48.4 Å². The van der Waals surface area contributed by atoms with Gasteiger partial charge in [-0.2, -0.15) is 13.2 Å². The normalized spacial score (nSPS) is 24.3. The number of rotatable bonds is 11. The molecular formula is C53H59ClF5N7O5. The molecule has 71 heavy (non-hydrogen) atoms. The number of amides is 1. The van der Waals surface area contributed by atoms with Crippen molar-refractivity contribution < 1.29 is 45.7 Å². The van der Waals surface area contributed by atoms with Crippen LogP contribution in [0.4, 0.5) is 32.6 Å². The van der Waals surface area contributed by atoms with E-state index in [1.165, 1.54) is 13.0 Å². The first-order valence-corrected chi connectivity index (χ1v) is 24.7. The van der Waals surface area contributed by atoms with Crippen LogP contribution in [0.25, 0.3) is 5.57 Å². The number of amidine groups is 1. The van der Waals surface area contributed by atoms with Gasteiger partial charge in [0.25, 0.3) is 0 Å². The topological polar surface area (TPSA) is 95.4 Å². The van der Waals surface area contributed by atoms with Crippen LogP contribution in [0.3, 0.4) is 0 Å². The molecule has 0 unspecified atom stereocenters. The van der Waals surface area contributed by atoms with Crippen LogP contribution in [0.5, 0.6) is 11.5 Å². The zero-order chi connectivity index (χ0) is 50.1. The van der Waals surface area contributed by atoms with Gasteiger partial charge < -0.3 is 23.8 Å². The predicted molar refractivity (Wildman–Crippen MR) is 259 cm³/mol. The van der Waals surface area contributed by atoms with Gasteiger partial charge in [-0.15, -0.1) is 0 Å². The van der Waals surface area contributed by atoms with E-state index in [0.717, 1.165) is 34.9 Å². The molecular weight excluding hydrogens is 945 g/mol. The van der Waals surface area contributed by atoms with Crippen LogP contribution >= 0.6 is 11.6 Å². The summed E-state index contributed by atoms with van der Waals surface area (Å²) in [4.78, 5) is 29.4. The van der Waals surface area contributed by atoms with Crippen LogP contribution in [0.15, 0.2) is 99.4 Å². The fourth-order valence-corrected chi connectivity index (χ4v) is 12.1. The van der Waals surface area contributed by atoms with Crippen LogP contribution in [-0.4, -0.2) is 101 Å². The van der Waals surface area contributed by atoms with E-state index in [-0.39, 0.29) is 80.0 Å². The van der Waals surface area contributed by atoms with Crippen LogP contribution in [0, 0.1) is 12.8 Å². The van der Waals surface area contributed by atoms with Crippen molar-refractivity contribution in [3.8, 4) is 11.5 Å². The van der Waals surface area contributed by atoms with Crippen molar-refractivity contribution in [2.45, 2.75) is 122 Å². The Bertz CT molecular complexity index is 2700. The van der Waals surface area contributed by atoms with E-state index in [1.807, 2.05) is 54.9 Å². The maximum Gasteiger partial charge on any atom is 0.429 e. The van der Waals surface area contributed by atoms with Gasteiger partial charge in [-0.3, -0.25) is 14.8 Å². The van der Waals surface area contributed by atoms with Crippen molar-refractivity contribution in [3.63, 3.8) is 0 Å². The van der Waals surface area contributed by atoms with Gasteiger partial charge in [-0.25, -0.2) is 28.6 Å². The van der Waals surface area contributed by atoms with E-state index >= 15 is 22.0 Å². The van der Waals surface area contributed by atoms with Gasteiger partial charge in [-0.05, 0) is 126 Å². The summed E-state index contributed by atoms with van der Waals surface area (Å²) < 4.78 is 104. The molecule has 0 radical (unpaired) electrons. The van der Waals surface area contributed by atoms with Crippen molar-refractivity contribution in [2.75, 3.05) is 45.5 Å². The molecule has 3 aromatic rings. The Labute approximate surface area is 416 Å². The van der Waals surface area contributed by atoms with Gasteiger partial charge >= 0.3 is 12.3 Å². The maximum absolute atomic E-state index is 18.0. The van der Waals surface area contributed by atoms with Crippen LogP contribution in [0.1, 0.15) is 100 Å². The number of benzene rings is 2. The molecule has 1 aliphatic carbocycles. The number of aryl methyl sites for hydroxylation is 1. The first kappa shape index (κ1) is 48.8. The number of aliphatic imine (C=N–C) groups is 1. The number of ether oxygens (including phenoxy) is 4. The molecule has 4 atom stereocenters. The van der Waals surface area contributed by atoms with Crippen molar-refractivity contribution >= 4 is 34.9 Å². The molecule has 4 fully saturated rings. The molecule has 0 saturated carbocycles. The number of allylic oxidation sites excluding steroid dienone is 6. The highest BCUT2D eigenvalue weighted by atomic mass is 35.5. The number of anilines is 1. The van der Waals surface area contributed by atoms with Gasteiger partial charge in [0.05, 0.1) is 47.7 Å². The van der Waals surface area contributed by atoms with Gasteiger partial charge in [0, 0.05) is 55.0 Å². The molecule has 4 bridgehead atoms. The molecule has 12 nitrogen and oxygen atoms in total. The number of alkyl halides is 4. The number of carbonyl (C=O) groups is 1. The summed E-state index contributed by atoms with van der Waals surface area (Å²) in [6, 6.07) is 15.8. The highest BCUT2D eigenvalue weighted by molar-refractivity contribution is 6.38. The summed E-state index contributed by atoms with van der Waals surface area (Å²) >= 11 is 7.55. The molecule has 2 aromatic carbocycles. The third kappa shape index (κ3) is 9.10. The van der Waals surface area contributed by atoms with E-state index in [0.29, 0.717) is 61.7 Å². The SMILES string of the molecule is COc1ccc(CN(Cc2ccc(OC)cc2)c2cc(C)c(C(F)(F)F)c(C3=C(F)C=C(OC[C@@]45CCCN4C[C@H](F)C5)N4C5=NCN6C7=C5[C@@H](CCCC4=C3Cl)[C@H](CC7)N6C(=O)OC(C)(C)C)n2)cc1. The van der Waals surface area contributed by atoms with Crippen LogP contribution in [-0.2, 0) is 28.7 Å². The number of nitrogens with zero attached hydrogens (tertiary/aromatic N) is 7. The monoisotopic (exact) mass is 1000 g/mol. The highest BCUT2D eigenvalue weighted by Gasteiger charge is 2.54. The number of aromatic nitrogens is 1. The average molecular weight is 1000 g/mol. The van der Waals surface area contributed by atoms with Crippen molar-refractivity contribution in [3.05, 3.63) is 122 Å². The molecule has 11 rings (SSSR count). The zero-order valence-electron chi connectivity index (χ0n) is 40.8. The second-order valence-corrected chi connectivity index (χ2v) is 20.9. The zero-order valence-corrected chi connectivity index (χ0v) is 41.6. The van der Waals surface area contributed by atoms with Gasteiger partial charge in [0.15, 0.2) is 0 Å². The fraction of sp³-hybridized carbons (Fsp3) is 0.491. The van der Waals surface area contributed by atoms with Crippen molar-refractivity contribution in [2.24, 2.45) is 10.9 Å². The second kappa shape index (κ2) is 18.7. The molecule has 0 spiro atoms. The number of pyridine rings is 1.